The number of carbonyl (C=O) groups excluding carboxylic acids is 2. The number of ether oxygens (including phenoxy) is 2. The number of ketones is 1. The van der Waals surface area contributed by atoms with Gasteiger partial charge in [0.25, 0.3) is 5.91 Å². The molecule has 0 aliphatic rings. The highest BCUT2D eigenvalue weighted by Gasteiger charge is 2.17. The molecule has 1 unspecified atom stereocenters. The van der Waals surface area contributed by atoms with Crippen LogP contribution >= 0.6 is 7.82 Å². The topological polar surface area (TPSA) is 165 Å². The van der Waals surface area contributed by atoms with Crippen LogP contribution in [0.5, 0.6) is 11.5 Å². The number of phenolic OH excluding ortho intramolecular Hbond substituents is 1. The van der Waals surface area contributed by atoms with Gasteiger partial charge in [-0.25, -0.2) is 4.57 Å². The van der Waals surface area contributed by atoms with Crippen molar-refractivity contribution in [2.45, 2.75) is 32.1 Å². The Kier molecular flexibility index (Phi) is 13.6. The largest absolute Gasteiger partial charge is 0.508 e. The summed E-state index contributed by atoms with van der Waals surface area (Å²) in [5.41, 5.74) is 1.22. The number of hydrogen-bond acceptors (Lipinski definition) is 10. The molecule has 0 aromatic heterocycles. The molecule has 2 aromatic rings. The van der Waals surface area contributed by atoms with Gasteiger partial charge < -0.3 is 24.8 Å². The Balaban J connectivity index is 1.85. The molecule has 12 nitrogen and oxygen atoms in total. The van der Waals surface area contributed by atoms with Crippen molar-refractivity contribution < 1.29 is 42.7 Å². The van der Waals surface area contributed by atoms with E-state index in [0.29, 0.717) is 48.6 Å². The minimum atomic E-state index is -4.08. The van der Waals surface area contributed by atoms with Crippen LogP contribution in [0.4, 0.5) is 11.4 Å². The second kappa shape index (κ2) is 16.6. The third kappa shape index (κ3) is 11.9. The number of hydrogen-bond donors (Lipinski definition) is 3. The average molecular weight is 552 g/mol. The zero-order valence-corrected chi connectivity index (χ0v) is 22.4. The van der Waals surface area contributed by atoms with Crippen molar-refractivity contribution in [1.82, 2.24) is 5.32 Å². The van der Waals surface area contributed by atoms with Gasteiger partial charge in [0, 0.05) is 51.8 Å². The fraction of sp³-hybridized carbons (Fsp3) is 0.440. The van der Waals surface area contributed by atoms with E-state index in [4.69, 9.17) is 14.4 Å². The normalized spacial score (nSPS) is 12.8. The number of amides is 1. The second-order valence-electron chi connectivity index (χ2n) is 8.08. The van der Waals surface area contributed by atoms with Crippen LogP contribution in [0.25, 0.3) is 0 Å². The lowest BCUT2D eigenvalue weighted by Gasteiger charge is -2.10. The quantitative estimate of drug-likeness (QED) is 0.133. The summed E-state index contributed by atoms with van der Waals surface area (Å²) in [5, 5.41) is 20.7. The monoisotopic (exact) mass is 551 g/mol. The van der Waals surface area contributed by atoms with Crippen LogP contribution in [-0.4, -0.2) is 62.3 Å². The van der Waals surface area contributed by atoms with Crippen molar-refractivity contribution in [2.75, 3.05) is 40.6 Å². The molecular weight excluding hydrogens is 517 g/mol. The summed E-state index contributed by atoms with van der Waals surface area (Å²) < 4.78 is 30.9. The van der Waals surface area contributed by atoms with Gasteiger partial charge in [-0.1, -0.05) is 0 Å². The maximum absolute atomic E-state index is 12.2. The van der Waals surface area contributed by atoms with E-state index in [1.807, 2.05) is 0 Å². The maximum Gasteiger partial charge on any atom is 0.471 e. The third-order valence-electron chi connectivity index (χ3n) is 5.13. The smallest absolute Gasteiger partial charge is 0.471 e. The Labute approximate surface area is 221 Å². The minimum Gasteiger partial charge on any atom is -0.508 e. The van der Waals surface area contributed by atoms with E-state index in [2.05, 4.69) is 24.6 Å². The number of Topliss-reactive ketones (excluding diaryl/α,β-unsaturated/α-hetero) is 1. The SMILES string of the molecule is COCCCCC(=O)CCCOc1cc(O)ccc1N=Nc1ccc(C(=O)NCCOP(=O)(O)OC)cc1. The van der Waals surface area contributed by atoms with Gasteiger partial charge in [-0.15, -0.1) is 5.11 Å². The van der Waals surface area contributed by atoms with Gasteiger partial charge in [0.1, 0.15) is 23.0 Å². The molecule has 13 heteroatoms. The lowest BCUT2D eigenvalue weighted by atomic mass is 10.1. The molecule has 0 aliphatic carbocycles. The Hall–Kier alpha value is -3.15. The van der Waals surface area contributed by atoms with E-state index in [1.54, 1.807) is 37.4 Å². The highest BCUT2D eigenvalue weighted by molar-refractivity contribution is 7.47. The first kappa shape index (κ1) is 31.1. The molecule has 2 aromatic carbocycles. The van der Waals surface area contributed by atoms with Gasteiger partial charge in [0.15, 0.2) is 0 Å². The number of methoxy groups -OCH3 is 1. The number of unbranched alkanes of at least 4 members (excludes halogenated alkanes) is 1. The predicted octanol–water partition coefficient (Wildman–Crippen LogP) is 4.85. The van der Waals surface area contributed by atoms with E-state index in [9.17, 15) is 19.3 Å². The van der Waals surface area contributed by atoms with Gasteiger partial charge in [-0.05, 0) is 55.7 Å². The molecule has 2 rings (SSSR count). The van der Waals surface area contributed by atoms with E-state index >= 15 is 0 Å². The molecule has 0 heterocycles. The predicted molar refractivity (Wildman–Crippen MR) is 139 cm³/mol. The molecule has 208 valence electrons. The number of nitrogens with zero attached hydrogens (tertiary/aromatic N) is 2. The molecule has 1 amide bonds. The standard InChI is InChI=1S/C25H34N3O9P/c1-34-15-4-3-6-21(29)7-5-16-36-24-18-22(30)12-13-23(24)28-27-20-10-8-19(9-11-20)25(31)26-14-17-37-38(32,33)35-2/h8-13,18,30H,3-7,14-17H2,1-2H3,(H,26,31)(H,32,33). The van der Waals surface area contributed by atoms with Crippen molar-refractivity contribution in [2.24, 2.45) is 10.2 Å². The van der Waals surface area contributed by atoms with Crippen LogP contribution in [0.1, 0.15) is 42.5 Å². The first-order valence-electron chi connectivity index (χ1n) is 12.0. The van der Waals surface area contributed by atoms with Crippen LogP contribution < -0.4 is 10.1 Å². The van der Waals surface area contributed by atoms with Crippen LogP contribution in [0.3, 0.4) is 0 Å². The second-order valence-corrected chi connectivity index (χ2v) is 9.64. The number of aromatic hydroxyl groups is 1. The maximum atomic E-state index is 12.2. The number of phosphoric ester groups is 1. The van der Waals surface area contributed by atoms with Crippen LogP contribution in [0.15, 0.2) is 52.7 Å². The van der Waals surface area contributed by atoms with Crippen LogP contribution in [-0.2, 0) is 23.1 Å². The fourth-order valence-electron chi connectivity index (χ4n) is 3.12. The molecule has 0 saturated heterocycles. The van der Waals surface area contributed by atoms with Crippen LogP contribution in [0, 0.1) is 0 Å². The Morgan fingerprint density at radius 3 is 2.39 bits per heavy atom. The molecule has 0 spiro atoms. The molecule has 38 heavy (non-hydrogen) atoms. The number of nitrogens with one attached hydrogen (secondary N) is 1. The third-order valence-corrected chi connectivity index (χ3v) is 6.10. The van der Waals surface area contributed by atoms with E-state index < -0.39 is 13.7 Å². The number of carbonyl (C=O) groups is 2. The summed E-state index contributed by atoms with van der Waals surface area (Å²) in [6, 6.07) is 10.8. The van der Waals surface area contributed by atoms with Gasteiger partial charge in [-0.3, -0.25) is 18.6 Å². The lowest BCUT2D eigenvalue weighted by molar-refractivity contribution is -0.119. The summed E-state index contributed by atoms with van der Waals surface area (Å²) in [4.78, 5) is 33.3. The summed E-state index contributed by atoms with van der Waals surface area (Å²) in [6.45, 7) is 0.752. The summed E-state index contributed by atoms with van der Waals surface area (Å²) >= 11 is 0. The molecule has 0 aliphatic heterocycles. The summed E-state index contributed by atoms with van der Waals surface area (Å²) in [7, 11) is -1.40. The molecule has 0 radical (unpaired) electrons. The van der Waals surface area contributed by atoms with Crippen molar-refractivity contribution in [1.29, 1.82) is 0 Å². The average Bonchev–Trinajstić information content (AvgIpc) is 2.91. The van der Waals surface area contributed by atoms with E-state index in [-0.39, 0.29) is 31.3 Å². The van der Waals surface area contributed by atoms with Gasteiger partial charge in [0.05, 0.1) is 18.9 Å². The van der Waals surface area contributed by atoms with Crippen molar-refractivity contribution in [3.63, 3.8) is 0 Å². The van der Waals surface area contributed by atoms with Crippen molar-refractivity contribution in [3.05, 3.63) is 48.0 Å². The number of phenols is 1. The fourth-order valence-corrected chi connectivity index (χ4v) is 3.54. The summed E-state index contributed by atoms with van der Waals surface area (Å²) in [6.07, 6.45) is 3.12. The lowest BCUT2D eigenvalue weighted by Crippen LogP contribution is -2.26. The van der Waals surface area contributed by atoms with Gasteiger partial charge in [0.2, 0.25) is 0 Å². The molecule has 0 fully saturated rings. The number of phosphoric acid groups is 1. The molecule has 3 N–H and O–H groups in total. The first-order chi connectivity index (χ1) is 18.2. The molecule has 1 atom stereocenters. The minimum absolute atomic E-state index is 0.0120. The Bertz CT molecular complexity index is 1110. The van der Waals surface area contributed by atoms with Gasteiger partial charge >= 0.3 is 7.82 Å². The van der Waals surface area contributed by atoms with E-state index in [0.717, 1.165) is 20.0 Å². The van der Waals surface area contributed by atoms with Gasteiger partial charge in [-0.2, -0.15) is 5.11 Å². The van der Waals surface area contributed by atoms with Crippen LogP contribution in [0.2, 0.25) is 0 Å². The highest BCUT2D eigenvalue weighted by Crippen LogP contribution is 2.41. The summed E-state index contributed by atoms with van der Waals surface area (Å²) in [5.74, 6) is 0.122. The molecule has 0 bridgehead atoms. The zero-order chi connectivity index (χ0) is 27.8. The molecular formula is C25H34N3O9P. The highest BCUT2D eigenvalue weighted by atomic mass is 31.2. The zero-order valence-electron chi connectivity index (χ0n) is 21.5. The Morgan fingerprint density at radius 2 is 1.68 bits per heavy atom. The first-order valence-corrected chi connectivity index (χ1v) is 13.5. The Morgan fingerprint density at radius 1 is 0.947 bits per heavy atom. The number of rotatable bonds is 18. The van der Waals surface area contributed by atoms with Crippen molar-refractivity contribution in [3.8, 4) is 11.5 Å². The number of benzene rings is 2. The van der Waals surface area contributed by atoms with E-state index in [1.165, 1.54) is 12.1 Å². The molecule has 0 saturated carbocycles. The number of azo groups is 1. The van der Waals surface area contributed by atoms with Crippen molar-refractivity contribution >= 4 is 30.9 Å².